The molecular formula is C30H24F2N4O. The Morgan fingerprint density at radius 3 is 2.76 bits per heavy atom. The number of Topliss-reactive ketones (excluding diaryl/α,β-unsaturated/α-hetero) is 1. The normalized spacial score (nSPS) is 24.1. The number of carbonyl (C=O) groups is 1. The average molecular weight is 495 g/mol. The Hall–Kier alpha value is -4.31. The molecule has 184 valence electrons. The summed E-state index contributed by atoms with van der Waals surface area (Å²) in [7, 11) is 0. The van der Waals surface area contributed by atoms with Crippen molar-refractivity contribution >= 4 is 18.1 Å². The molecule has 1 aromatic heterocycles. The van der Waals surface area contributed by atoms with Crippen LogP contribution in [0.3, 0.4) is 0 Å². The van der Waals surface area contributed by atoms with Crippen molar-refractivity contribution in [2.24, 2.45) is 16.8 Å². The number of aliphatic imine (C=N–C) groups is 1. The lowest BCUT2D eigenvalue weighted by Crippen LogP contribution is -2.35. The Labute approximate surface area is 214 Å². The maximum Gasteiger partial charge on any atom is 0.176 e. The van der Waals surface area contributed by atoms with Gasteiger partial charge in [0.05, 0.1) is 17.0 Å². The number of rotatable bonds is 4. The van der Waals surface area contributed by atoms with Gasteiger partial charge in [-0.3, -0.25) is 9.79 Å². The summed E-state index contributed by atoms with van der Waals surface area (Å²) < 4.78 is 28.8. The number of aromatic nitrogens is 2. The summed E-state index contributed by atoms with van der Waals surface area (Å²) in [6.45, 7) is 5.36. The quantitative estimate of drug-likeness (QED) is 0.462. The highest BCUT2D eigenvalue weighted by Gasteiger charge is 2.42. The summed E-state index contributed by atoms with van der Waals surface area (Å²) in [4.78, 5) is 26.4. The van der Waals surface area contributed by atoms with Crippen LogP contribution in [-0.2, 0) is 11.2 Å². The van der Waals surface area contributed by atoms with Crippen LogP contribution in [0.25, 0.3) is 16.8 Å². The summed E-state index contributed by atoms with van der Waals surface area (Å²) >= 11 is 0. The van der Waals surface area contributed by atoms with Crippen molar-refractivity contribution in [2.45, 2.75) is 32.1 Å². The zero-order valence-corrected chi connectivity index (χ0v) is 20.3. The summed E-state index contributed by atoms with van der Waals surface area (Å²) in [5, 5.41) is 9.62. The van der Waals surface area contributed by atoms with Gasteiger partial charge in [0.1, 0.15) is 17.7 Å². The van der Waals surface area contributed by atoms with Crippen LogP contribution in [0.5, 0.6) is 0 Å². The average Bonchev–Trinajstić information content (AvgIpc) is 2.91. The zero-order chi connectivity index (χ0) is 26.1. The second kappa shape index (κ2) is 9.98. The molecule has 0 saturated carbocycles. The fourth-order valence-corrected chi connectivity index (χ4v) is 5.45. The molecule has 0 amide bonds. The van der Waals surface area contributed by atoms with E-state index >= 15 is 4.39 Å². The Kier molecular flexibility index (Phi) is 6.58. The van der Waals surface area contributed by atoms with Crippen molar-refractivity contribution in [2.75, 3.05) is 0 Å². The van der Waals surface area contributed by atoms with Crippen LogP contribution >= 0.6 is 0 Å². The first-order valence-electron chi connectivity index (χ1n) is 12.1. The Morgan fingerprint density at radius 2 is 2.05 bits per heavy atom. The Bertz CT molecular complexity index is 1510. The number of benzene rings is 1. The molecule has 37 heavy (non-hydrogen) atoms. The van der Waals surface area contributed by atoms with Crippen LogP contribution in [-0.4, -0.2) is 22.5 Å². The molecule has 3 aliphatic carbocycles. The van der Waals surface area contributed by atoms with Gasteiger partial charge in [0.15, 0.2) is 11.6 Å². The third-order valence-corrected chi connectivity index (χ3v) is 7.35. The third-order valence-electron chi connectivity index (χ3n) is 7.35. The monoisotopic (exact) mass is 494 g/mol. The van der Waals surface area contributed by atoms with Crippen LogP contribution in [0.4, 0.5) is 8.78 Å². The molecular weight excluding hydrogens is 470 g/mol. The molecule has 0 spiro atoms. The lowest BCUT2D eigenvalue weighted by molar-refractivity contribution is -0.120. The van der Waals surface area contributed by atoms with Crippen LogP contribution < -0.4 is 0 Å². The van der Waals surface area contributed by atoms with Crippen molar-refractivity contribution in [1.29, 1.82) is 5.26 Å². The minimum Gasteiger partial charge on any atom is -0.293 e. The van der Waals surface area contributed by atoms with E-state index < -0.39 is 5.82 Å². The predicted octanol–water partition coefficient (Wildman–Crippen LogP) is 6.38. The highest BCUT2D eigenvalue weighted by Crippen LogP contribution is 2.47. The van der Waals surface area contributed by atoms with Gasteiger partial charge in [0.2, 0.25) is 0 Å². The van der Waals surface area contributed by atoms with E-state index in [1.807, 2.05) is 13.0 Å². The standard InChI is InChI=1S/C30H24F2N4O/c1-17-21-11-12-24-27(23-5-3-4-6-26(23)32)35-30(36-28(24)25(21)15-19(16-33)29(17)37)22(13-14-34-2)18-7-9-20(31)10-8-18/h3-7,9-10,13-15,17,21,25H,2,8,11-12H2,1H3/b14-13-,22-18+. The molecule has 3 aliphatic rings. The lowest BCUT2D eigenvalue weighted by atomic mass is 9.66. The van der Waals surface area contributed by atoms with Gasteiger partial charge in [-0.15, -0.1) is 0 Å². The third kappa shape index (κ3) is 4.40. The van der Waals surface area contributed by atoms with Crippen molar-refractivity contribution in [3.8, 4) is 17.3 Å². The summed E-state index contributed by atoms with van der Waals surface area (Å²) in [6, 6.07) is 8.50. The van der Waals surface area contributed by atoms with Crippen LogP contribution in [0.2, 0.25) is 0 Å². The largest absolute Gasteiger partial charge is 0.293 e. The number of carbonyl (C=O) groups excluding carboxylic acids is 1. The van der Waals surface area contributed by atoms with E-state index in [-0.39, 0.29) is 34.9 Å². The van der Waals surface area contributed by atoms with E-state index in [0.29, 0.717) is 47.6 Å². The number of halogens is 2. The van der Waals surface area contributed by atoms with Gasteiger partial charge in [-0.05, 0) is 67.8 Å². The maximum absolute atomic E-state index is 15.1. The minimum absolute atomic E-state index is 0.0265. The van der Waals surface area contributed by atoms with E-state index in [4.69, 9.17) is 9.97 Å². The molecule has 5 nitrogen and oxygen atoms in total. The fourth-order valence-electron chi connectivity index (χ4n) is 5.45. The van der Waals surface area contributed by atoms with E-state index in [1.165, 1.54) is 24.4 Å². The molecule has 0 radical (unpaired) electrons. The maximum atomic E-state index is 15.1. The van der Waals surface area contributed by atoms with E-state index in [1.54, 1.807) is 36.4 Å². The van der Waals surface area contributed by atoms with Gasteiger partial charge >= 0.3 is 0 Å². The van der Waals surface area contributed by atoms with Crippen LogP contribution in [0.15, 0.2) is 82.8 Å². The van der Waals surface area contributed by atoms with Crippen molar-refractivity contribution < 1.29 is 13.6 Å². The van der Waals surface area contributed by atoms with Gasteiger partial charge in [0, 0.05) is 34.7 Å². The molecule has 3 unspecified atom stereocenters. The van der Waals surface area contributed by atoms with Gasteiger partial charge in [-0.1, -0.05) is 31.2 Å². The van der Waals surface area contributed by atoms with Crippen molar-refractivity contribution in [3.63, 3.8) is 0 Å². The van der Waals surface area contributed by atoms with Gasteiger partial charge in [-0.25, -0.2) is 18.7 Å². The second-order valence-electron chi connectivity index (χ2n) is 9.38. The van der Waals surface area contributed by atoms with Crippen molar-refractivity contribution in [1.82, 2.24) is 9.97 Å². The topological polar surface area (TPSA) is 79.0 Å². The first-order chi connectivity index (χ1) is 17.9. The van der Waals surface area contributed by atoms with Gasteiger partial charge in [-0.2, -0.15) is 5.26 Å². The van der Waals surface area contributed by atoms with Gasteiger partial charge in [0.25, 0.3) is 0 Å². The smallest absolute Gasteiger partial charge is 0.176 e. The molecule has 7 heteroatoms. The number of hydrogen-bond acceptors (Lipinski definition) is 5. The molecule has 3 atom stereocenters. The molecule has 1 aromatic carbocycles. The predicted molar refractivity (Wildman–Crippen MR) is 138 cm³/mol. The second-order valence-corrected chi connectivity index (χ2v) is 9.38. The first-order valence-corrected chi connectivity index (χ1v) is 12.1. The van der Waals surface area contributed by atoms with Crippen LogP contribution in [0, 0.1) is 29.0 Å². The number of fused-ring (bicyclic) bond motifs is 3. The number of allylic oxidation sites excluding steroid dienone is 9. The number of ketones is 1. The summed E-state index contributed by atoms with van der Waals surface area (Å²) in [5.41, 5.74) is 3.84. The highest BCUT2D eigenvalue weighted by atomic mass is 19.1. The highest BCUT2D eigenvalue weighted by molar-refractivity contribution is 6.01. The Balaban J connectivity index is 1.80. The van der Waals surface area contributed by atoms with E-state index in [2.05, 4.69) is 11.7 Å². The van der Waals surface area contributed by atoms with Crippen LogP contribution in [0.1, 0.15) is 42.8 Å². The van der Waals surface area contributed by atoms with E-state index in [9.17, 15) is 14.4 Å². The lowest BCUT2D eigenvalue weighted by Gasteiger charge is -2.38. The minimum atomic E-state index is -0.406. The molecule has 0 saturated heterocycles. The van der Waals surface area contributed by atoms with E-state index in [0.717, 1.165) is 11.1 Å². The number of nitriles is 1. The zero-order valence-electron chi connectivity index (χ0n) is 20.3. The molecule has 0 N–H and O–H groups in total. The molecule has 5 rings (SSSR count). The SMILES string of the molecule is C=N/C=C\C(=C1\C=CC(F)=CC1)c1nc(-c2ccccc2F)c2c(n1)C1C=C(C#N)C(=O)C(C)C1CC2. The molecule has 0 bridgehead atoms. The number of nitrogens with zero attached hydrogens (tertiary/aromatic N) is 4. The molecule has 1 heterocycles. The summed E-state index contributed by atoms with van der Waals surface area (Å²) in [5.74, 6) is -1.19. The fraction of sp³-hybridized carbons (Fsp3) is 0.233. The first kappa shape index (κ1) is 24.4. The Morgan fingerprint density at radius 1 is 1.24 bits per heavy atom. The number of hydrogen-bond donors (Lipinski definition) is 0. The van der Waals surface area contributed by atoms with Gasteiger partial charge < -0.3 is 0 Å². The molecule has 2 aromatic rings. The van der Waals surface area contributed by atoms with Crippen molar-refractivity contribution in [3.05, 3.63) is 101 Å². The summed E-state index contributed by atoms with van der Waals surface area (Å²) in [6.07, 6.45) is 11.0. The molecule has 0 fully saturated rings. The molecule has 0 aliphatic heterocycles.